The lowest BCUT2D eigenvalue weighted by Crippen LogP contribution is -2.13. The van der Waals surface area contributed by atoms with Gasteiger partial charge in [-0.2, -0.15) is 0 Å². The van der Waals surface area contributed by atoms with E-state index in [1.165, 1.54) is 11.3 Å². The molecule has 0 saturated heterocycles. The molecule has 8 heteroatoms. The molecule has 0 unspecified atom stereocenters. The van der Waals surface area contributed by atoms with E-state index >= 15 is 0 Å². The minimum Gasteiger partial charge on any atom is -0.326 e. The summed E-state index contributed by atoms with van der Waals surface area (Å²) < 4.78 is 1.84. The zero-order valence-corrected chi connectivity index (χ0v) is 15.7. The number of carbonyl (C=O) groups excluding carboxylic acids is 2. The van der Waals surface area contributed by atoms with Crippen LogP contribution < -0.4 is 5.32 Å². The average Bonchev–Trinajstić information content (AvgIpc) is 3.22. The number of tetrazole rings is 1. The molecule has 0 aliphatic heterocycles. The van der Waals surface area contributed by atoms with Gasteiger partial charge in [0.1, 0.15) is 0 Å². The molecule has 1 aliphatic rings. The minimum atomic E-state index is -0.185. The third-order valence-electron chi connectivity index (χ3n) is 4.38. The van der Waals surface area contributed by atoms with Gasteiger partial charge in [-0.25, -0.2) is 4.68 Å². The van der Waals surface area contributed by atoms with Crippen LogP contribution in [0.3, 0.4) is 0 Å². The Hall–Kier alpha value is -2.87. The largest absolute Gasteiger partial charge is 0.326 e. The zero-order valence-electron chi connectivity index (χ0n) is 14.9. The number of aromatic nitrogens is 4. The highest BCUT2D eigenvalue weighted by Gasteiger charge is 2.28. The second kappa shape index (κ2) is 7.40. The van der Waals surface area contributed by atoms with Crippen LogP contribution in [-0.2, 0) is 4.79 Å². The summed E-state index contributed by atoms with van der Waals surface area (Å²) in [5.74, 6) is 0.521. The molecular weight excluding hydrogens is 362 g/mol. The molecule has 1 aromatic carbocycles. The summed E-state index contributed by atoms with van der Waals surface area (Å²) in [4.78, 5) is 26.2. The van der Waals surface area contributed by atoms with Crippen LogP contribution in [0.5, 0.6) is 0 Å². The predicted molar refractivity (Wildman–Crippen MR) is 103 cm³/mol. The number of hydrogen-bond donors (Lipinski definition) is 1. The highest BCUT2D eigenvalue weighted by molar-refractivity contribution is 7.14. The van der Waals surface area contributed by atoms with E-state index in [0.29, 0.717) is 22.4 Å². The highest BCUT2D eigenvalue weighted by Crippen LogP contribution is 2.36. The number of nitrogens with one attached hydrogen (secondary N) is 1. The average molecular weight is 381 g/mol. The fourth-order valence-corrected chi connectivity index (χ4v) is 3.68. The highest BCUT2D eigenvalue weighted by atomic mass is 32.1. The van der Waals surface area contributed by atoms with Crippen LogP contribution in [0.15, 0.2) is 36.4 Å². The lowest BCUT2D eigenvalue weighted by molar-refractivity contribution is -0.116. The second-order valence-corrected chi connectivity index (χ2v) is 7.93. The van der Waals surface area contributed by atoms with Gasteiger partial charge in [-0.05, 0) is 54.5 Å². The molecule has 2 heterocycles. The minimum absolute atomic E-state index is 0.000565. The molecule has 2 aromatic heterocycles. The van der Waals surface area contributed by atoms with E-state index in [1.807, 2.05) is 48.0 Å². The molecule has 0 bridgehead atoms. The number of aryl methyl sites for hydroxylation is 1. The van der Waals surface area contributed by atoms with Gasteiger partial charge >= 0.3 is 0 Å². The number of rotatable bonds is 7. The Labute approximate surface area is 160 Å². The van der Waals surface area contributed by atoms with Gasteiger partial charge < -0.3 is 5.32 Å². The van der Waals surface area contributed by atoms with E-state index in [1.54, 1.807) is 0 Å². The van der Waals surface area contributed by atoms with Crippen LogP contribution in [0.2, 0.25) is 0 Å². The van der Waals surface area contributed by atoms with Gasteiger partial charge in [0.25, 0.3) is 0 Å². The Kier molecular flexibility index (Phi) is 4.81. The Morgan fingerprint density at radius 3 is 2.81 bits per heavy atom. The van der Waals surface area contributed by atoms with Crippen LogP contribution in [0.25, 0.3) is 11.4 Å². The van der Waals surface area contributed by atoms with Crippen LogP contribution in [0.4, 0.5) is 5.69 Å². The van der Waals surface area contributed by atoms with Gasteiger partial charge in [-0.3, -0.25) is 9.59 Å². The topological polar surface area (TPSA) is 89.8 Å². The van der Waals surface area contributed by atoms with Crippen LogP contribution in [0.1, 0.15) is 46.3 Å². The molecule has 1 amide bonds. The molecule has 1 N–H and O–H groups in total. The maximum atomic E-state index is 12.2. The third kappa shape index (κ3) is 4.11. The van der Waals surface area contributed by atoms with Crippen molar-refractivity contribution in [3.8, 4) is 11.4 Å². The summed E-state index contributed by atoms with van der Waals surface area (Å²) in [6.45, 7) is 1.96. The number of Topliss-reactive ketones (excluding diaryl/α,β-unsaturated/α-hetero) is 1. The number of thiophene rings is 1. The summed E-state index contributed by atoms with van der Waals surface area (Å²) >= 11 is 1.46. The number of carbonyl (C=O) groups is 2. The van der Waals surface area contributed by atoms with Gasteiger partial charge in [0.2, 0.25) is 5.91 Å². The molecule has 1 saturated carbocycles. The van der Waals surface area contributed by atoms with Crippen molar-refractivity contribution < 1.29 is 9.59 Å². The zero-order chi connectivity index (χ0) is 18.8. The lowest BCUT2D eigenvalue weighted by atomic mass is 10.1. The van der Waals surface area contributed by atoms with E-state index in [0.717, 1.165) is 23.3 Å². The van der Waals surface area contributed by atoms with Crippen LogP contribution in [-0.4, -0.2) is 31.9 Å². The van der Waals surface area contributed by atoms with Crippen molar-refractivity contribution in [3.63, 3.8) is 0 Å². The van der Waals surface area contributed by atoms with E-state index in [-0.39, 0.29) is 24.5 Å². The SMILES string of the molecule is Cc1ccc(C(=O)CCC(=O)Nc2cccc(-c3nnnn3C3CC3)c2)s1. The number of anilines is 1. The normalized spacial score (nSPS) is 13.5. The Balaban J connectivity index is 1.38. The quantitative estimate of drug-likeness (QED) is 0.631. The molecule has 138 valence electrons. The summed E-state index contributed by atoms with van der Waals surface area (Å²) in [6.07, 6.45) is 2.53. The molecule has 1 aliphatic carbocycles. The molecule has 0 radical (unpaired) electrons. The number of benzene rings is 1. The fourth-order valence-electron chi connectivity index (χ4n) is 2.84. The number of nitrogens with zero attached hydrogens (tertiary/aromatic N) is 4. The van der Waals surface area contributed by atoms with E-state index in [9.17, 15) is 9.59 Å². The molecule has 1 fully saturated rings. The first-order valence-electron chi connectivity index (χ1n) is 8.88. The first-order chi connectivity index (χ1) is 13.1. The molecule has 3 aromatic rings. The van der Waals surface area contributed by atoms with Crippen molar-refractivity contribution in [1.29, 1.82) is 0 Å². The molecule has 4 rings (SSSR count). The van der Waals surface area contributed by atoms with E-state index in [2.05, 4.69) is 20.8 Å². The Bertz CT molecular complexity index is 989. The van der Waals surface area contributed by atoms with Crippen molar-refractivity contribution in [1.82, 2.24) is 20.2 Å². The van der Waals surface area contributed by atoms with Crippen molar-refractivity contribution in [2.45, 2.75) is 38.6 Å². The van der Waals surface area contributed by atoms with Crippen molar-refractivity contribution in [2.75, 3.05) is 5.32 Å². The Morgan fingerprint density at radius 2 is 2.07 bits per heavy atom. The lowest BCUT2D eigenvalue weighted by Gasteiger charge is -2.07. The number of ketones is 1. The van der Waals surface area contributed by atoms with Gasteiger partial charge in [0.05, 0.1) is 10.9 Å². The van der Waals surface area contributed by atoms with E-state index < -0.39 is 0 Å². The molecule has 27 heavy (non-hydrogen) atoms. The van der Waals surface area contributed by atoms with Gasteiger partial charge in [-0.15, -0.1) is 16.4 Å². The summed E-state index contributed by atoms with van der Waals surface area (Å²) in [6, 6.07) is 11.6. The van der Waals surface area contributed by atoms with Gasteiger partial charge in [-0.1, -0.05) is 12.1 Å². The predicted octanol–water partition coefficient (Wildman–Crippen LogP) is 3.65. The summed E-state index contributed by atoms with van der Waals surface area (Å²) in [7, 11) is 0. The number of amides is 1. The second-order valence-electron chi connectivity index (χ2n) is 6.64. The first kappa shape index (κ1) is 17.5. The molecule has 7 nitrogen and oxygen atoms in total. The first-order valence-corrected chi connectivity index (χ1v) is 9.69. The van der Waals surface area contributed by atoms with Gasteiger partial charge in [0, 0.05) is 29.0 Å². The maximum Gasteiger partial charge on any atom is 0.224 e. The monoisotopic (exact) mass is 381 g/mol. The fraction of sp³-hybridized carbons (Fsp3) is 0.316. The third-order valence-corrected chi connectivity index (χ3v) is 5.43. The van der Waals surface area contributed by atoms with Crippen molar-refractivity contribution >= 4 is 28.7 Å². The Morgan fingerprint density at radius 1 is 1.22 bits per heavy atom. The van der Waals surface area contributed by atoms with Gasteiger partial charge in [0.15, 0.2) is 11.6 Å². The van der Waals surface area contributed by atoms with E-state index in [4.69, 9.17) is 0 Å². The smallest absolute Gasteiger partial charge is 0.224 e. The van der Waals surface area contributed by atoms with Crippen LogP contribution >= 0.6 is 11.3 Å². The summed E-state index contributed by atoms with van der Waals surface area (Å²) in [5, 5.41) is 14.8. The molecule has 0 atom stereocenters. The molecule has 0 spiro atoms. The van der Waals surface area contributed by atoms with Crippen LogP contribution in [0, 0.1) is 6.92 Å². The van der Waals surface area contributed by atoms with Crippen molar-refractivity contribution in [3.05, 3.63) is 46.2 Å². The summed E-state index contributed by atoms with van der Waals surface area (Å²) in [5.41, 5.74) is 1.53. The standard InChI is InChI=1S/C19H19N5O2S/c1-12-5-9-17(27-12)16(25)8-10-18(26)20-14-4-2-3-13(11-14)19-21-22-23-24(19)15-6-7-15/h2-5,9,11,15H,6-8,10H2,1H3,(H,20,26). The number of hydrogen-bond acceptors (Lipinski definition) is 6. The van der Waals surface area contributed by atoms with Crippen molar-refractivity contribution in [2.24, 2.45) is 0 Å². The molecular formula is C19H19N5O2S. The maximum absolute atomic E-state index is 12.2.